The van der Waals surface area contributed by atoms with Gasteiger partial charge < -0.3 is 9.26 Å². The van der Waals surface area contributed by atoms with Gasteiger partial charge >= 0.3 is 0 Å². The van der Waals surface area contributed by atoms with Gasteiger partial charge in [-0.05, 0) is 26.0 Å². The van der Waals surface area contributed by atoms with E-state index in [9.17, 15) is 0 Å². The molecule has 1 aromatic carbocycles. The lowest BCUT2D eigenvalue weighted by atomic mass is 10.1. The Balaban J connectivity index is 1.69. The molecule has 0 spiro atoms. The zero-order valence-electron chi connectivity index (χ0n) is 12.3. The molecule has 2 atom stereocenters. The van der Waals surface area contributed by atoms with Gasteiger partial charge in [0.25, 0.3) is 0 Å². The number of aromatic nitrogens is 1. The molecule has 1 aromatic heterocycles. The number of ether oxygens (including phenoxy) is 1. The Morgan fingerprint density at radius 1 is 1.19 bits per heavy atom. The first-order chi connectivity index (χ1) is 10.1. The second-order valence-corrected chi connectivity index (χ2v) is 6.07. The number of hydrogen-bond donors (Lipinski definition) is 0. The van der Waals surface area contributed by atoms with Crippen LogP contribution in [0.15, 0.2) is 34.9 Å². The van der Waals surface area contributed by atoms with Crippen molar-refractivity contribution >= 4 is 11.6 Å². The maximum Gasteiger partial charge on any atom is 0.151 e. The van der Waals surface area contributed by atoms with E-state index in [0.717, 1.165) is 41.7 Å². The SMILES string of the molecule is CC1CN(Cc2cc(-c3ccc(Cl)cc3)no2)CC(C)O1. The second-order valence-electron chi connectivity index (χ2n) is 5.64. The van der Waals surface area contributed by atoms with E-state index in [-0.39, 0.29) is 12.2 Å². The molecule has 5 heteroatoms. The van der Waals surface area contributed by atoms with E-state index in [1.165, 1.54) is 0 Å². The molecule has 0 saturated carbocycles. The van der Waals surface area contributed by atoms with Gasteiger partial charge in [-0.15, -0.1) is 0 Å². The molecule has 1 aliphatic rings. The normalized spacial score (nSPS) is 23.4. The molecule has 0 radical (unpaired) electrons. The first kappa shape index (κ1) is 14.6. The van der Waals surface area contributed by atoms with Crippen molar-refractivity contribution in [2.24, 2.45) is 0 Å². The van der Waals surface area contributed by atoms with E-state index in [4.69, 9.17) is 20.9 Å². The molecular weight excluding hydrogens is 288 g/mol. The van der Waals surface area contributed by atoms with Crippen LogP contribution in [0.1, 0.15) is 19.6 Å². The van der Waals surface area contributed by atoms with Gasteiger partial charge in [-0.25, -0.2) is 0 Å². The molecule has 1 aliphatic heterocycles. The monoisotopic (exact) mass is 306 g/mol. The van der Waals surface area contributed by atoms with Gasteiger partial charge in [0.15, 0.2) is 5.76 Å². The summed E-state index contributed by atoms with van der Waals surface area (Å²) in [4.78, 5) is 2.34. The molecule has 1 saturated heterocycles. The van der Waals surface area contributed by atoms with E-state index in [1.54, 1.807) is 0 Å². The molecule has 112 valence electrons. The summed E-state index contributed by atoms with van der Waals surface area (Å²) < 4.78 is 11.2. The van der Waals surface area contributed by atoms with E-state index >= 15 is 0 Å². The molecule has 0 amide bonds. The number of benzene rings is 1. The molecule has 4 nitrogen and oxygen atoms in total. The summed E-state index contributed by atoms with van der Waals surface area (Å²) in [7, 11) is 0. The van der Waals surface area contributed by atoms with Gasteiger partial charge in [0.1, 0.15) is 5.69 Å². The summed E-state index contributed by atoms with van der Waals surface area (Å²) in [5.41, 5.74) is 1.86. The molecule has 1 fully saturated rings. The van der Waals surface area contributed by atoms with Gasteiger partial charge in [0.05, 0.1) is 18.8 Å². The topological polar surface area (TPSA) is 38.5 Å². The molecule has 3 rings (SSSR count). The van der Waals surface area contributed by atoms with E-state index in [2.05, 4.69) is 23.9 Å². The fourth-order valence-electron chi connectivity index (χ4n) is 2.78. The number of hydrogen-bond acceptors (Lipinski definition) is 4. The van der Waals surface area contributed by atoms with Crippen LogP contribution in [0.3, 0.4) is 0 Å². The Labute approximate surface area is 129 Å². The van der Waals surface area contributed by atoms with Crippen LogP contribution in [0.25, 0.3) is 11.3 Å². The average Bonchev–Trinajstić information content (AvgIpc) is 2.87. The number of halogens is 1. The second kappa shape index (κ2) is 6.18. The predicted octanol–water partition coefficient (Wildman–Crippen LogP) is 3.60. The van der Waals surface area contributed by atoms with Gasteiger partial charge in [0.2, 0.25) is 0 Å². The van der Waals surface area contributed by atoms with Crippen LogP contribution in [0, 0.1) is 0 Å². The minimum atomic E-state index is 0.257. The fourth-order valence-corrected chi connectivity index (χ4v) is 2.90. The maximum atomic E-state index is 5.90. The molecule has 2 unspecified atom stereocenters. The molecular formula is C16H19ClN2O2. The van der Waals surface area contributed by atoms with Crippen LogP contribution in [0.2, 0.25) is 5.02 Å². The lowest BCUT2D eigenvalue weighted by Crippen LogP contribution is -2.44. The first-order valence-electron chi connectivity index (χ1n) is 7.19. The summed E-state index contributed by atoms with van der Waals surface area (Å²) in [5, 5.41) is 4.86. The molecule has 0 aliphatic carbocycles. The molecule has 2 heterocycles. The lowest BCUT2D eigenvalue weighted by molar-refractivity contribution is -0.0721. The van der Waals surface area contributed by atoms with E-state index in [0.29, 0.717) is 0 Å². The highest BCUT2D eigenvalue weighted by Gasteiger charge is 2.23. The van der Waals surface area contributed by atoms with Crippen molar-refractivity contribution in [2.75, 3.05) is 13.1 Å². The zero-order valence-corrected chi connectivity index (χ0v) is 13.0. The number of nitrogens with zero attached hydrogens (tertiary/aromatic N) is 2. The van der Waals surface area contributed by atoms with Gasteiger partial charge in [0, 0.05) is 29.7 Å². The number of morpholine rings is 1. The van der Waals surface area contributed by atoms with Crippen molar-refractivity contribution in [2.45, 2.75) is 32.6 Å². The Hall–Kier alpha value is -1.36. The van der Waals surface area contributed by atoms with Crippen molar-refractivity contribution in [1.82, 2.24) is 10.1 Å². The Bertz CT molecular complexity index is 587. The standard InChI is InChI=1S/C16H19ClN2O2/c1-11-8-19(9-12(2)20-11)10-15-7-16(18-21-15)13-3-5-14(17)6-4-13/h3-7,11-12H,8-10H2,1-2H3. The summed E-state index contributed by atoms with van der Waals surface area (Å²) in [5.74, 6) is 0.876. The highest BCUT2D eigenvalue weighted by molar-refractivity contribution is 6.30. The van der Waals surface area contributed by atoms with Crippen molar-refractivity contribution in [1.29, 1.82) is 0 Å². The van der Waals surface area contributed by atoms with E-state index < -0.39 is 0 Å². The van der Waals surface area contributed by atoms with Crippen LogP contribution in [-0.4, -0.2) is 35.4 Å². The van der Waals surface area contributed by atoms with Crippen molar-refractivity contribution in [3.05, 3.63) is 41.1 Å². The Morgan fingerprint density at radius 2 is 1.86 bits per heavy atom. The fraction of sp³-hybridized carbons (Fsp3) is 0.438. The molecule has 0 bridgehead atoms. The molecule has 2 aromatic rings. The smallest absolute Gasteiger partial charge is 0.151 e. The molecule has 21 heavy (non-hydrogen) atoms. The average molecular weight is 307 g/mol. The predicted molar refractivity (Wildman–Crippen MR) is 82.2 cm³/mol. The maximum absolute atomic E-state index is 5.90. The van der Waals surface area contributed by atoms with Crippen molar-refractivity contribution < 1.29 is 9.26 Å². The van der Waals surface area contributed by atoms with E-state index in [1.807, 2.05) is 30.3 Å². The highest BCUT2D eigenvalue weighted by Crippen LogP contribution is 2.22. The quantitative estimate of drug-likeness (QED) is 0.868. The zero-order chi connectivity index (χ0) is 14.8. The minimum Gasteiger partial charge on any atom is -0.373 e. The Morgan fingerprint density at radius 3 is 2.52 bits per heavy atom. The van der Waals surface area contributed by atoms with Crippen LogP contribution >= 0.6 is 11.6 Å². The number of rotatable bonds is 3. The van der Waals surface area contributed by atoms with Crippen LogP contribution in [0.5, 0.6) is 0 Å². The Kier molecular flexibility index (Phi) is 4.29. The van der Waals surface area contributed by atoms with Crippen molar-refractivity contribution in [3.63, 3.8) is 0 Å². The van der Waals surface area contributed by atoms with Gasteiger partial charge in [-0.1, -0.05) is 28.9 Å². The summed E-state index contributed by atoms with van der Waals surface area (Å²) in [6.07, 6.45) is 0.514. The first-order valence-corrected chi connectivity index (χ1v) is 7.57. The highest BCUT2D eigenvalue weighted by atomic mass is 35.5. The molecule has 0 N–H and O–H groups in total. The van der Waals surface area contributed by atoms with Crippen LogP contribution in [0.4, 0.5) is 0 Å². The van der Waals surface area contributed by atoms with Crippen LogP contribution in [-0.2, 0) is 11.3 Å². The lowest BCUT2D eigenvalue weighted by Gasteiger charge is -2.34. The van der Waals surface area contributed by atoms with Crippen LogP contribution < -0.4 is 0 Å². The minimum absolute atomic E-state index is 0.257. The largest absolute Gasteiger partial charge is 0.373 e. The third-order valence-electron chi connectivity index (χ3n) is 3.57. The third kappa shape index (κ3) is 3.64. The van der Waals surface area contributed by atoms with Gasteiger partial charge in [-0.3, -0.25) is 4.90 Å². The summed E-state index contributed by atoms with van der Waals surface area (Å²) in [6, 6.07) is 9.60. The third-order valence-corrected chi connectivity index (χ3v) is 3.83. The van der Waals surface area contributed by atoms with Gasteiger partial charge in [-0.2, -0.15) is 0 Å². The summed E-state index contributed by atoms with van der Waals surface area (Å²) in [6.45, 7) is 6.80. The van der Waals surface area contributed by atoms with Crippen molar-refractivity contribution in [3.8, 4) is 11.3 Å². The summed E-state index contributed by atoms with van der Waals surface area (Å²) >= 11 is 5.90.